The van der Waals surface area contributed by atoms with Gasteiger partial charge in [-0.3, -0.25) is 0 Å². The quantitative estimate of drug-likeness (QED) is 0.324. The van der Waals surface area contributed by atoms with Crippen LogP contribution in [0.2, 0.25) is 0 Å². The molecule has 0 unspecified atom stereocenters. The van der Waals surface area contributed by atoms with Crippen molar-refractivity contribution in [3.05, 3.63) is 82.9 Å². The maximum absolute atomic E-state index is 3.66. The molecule has 1 heteroatoms. The average molecular weight is 349 g/mol. The van der Waals surface area contributed by atoms with Gasteiger partial charge in [0.2, 0.25) is 0 Å². The highest BCUT2D eigenvalue weighted by Gasteiger charge is 2.15. The number of hydrogen-bond donors (Lipinski definition) is 1. The fraction of sp³-hybridized carbons (Fsp3) is 0.154. The first kappa shape index (κ1) is 16.1. The van der Waals surface area contributed by atoms with E-state index in [1.165, 1.54) is 60.3 Å². The second-order valence-electron chi connectivity index (χ2n) is 7.81. The molecular weight excluding hydrogens is 326 g/mol. The van der Waals surface area contributed by atoms with Crippen LogP contribution in [0.3, 0.4) is 0 Å². The molecule has 0 aromatic heterocycles. The number of nitrogens with one attached hydrogen (secondary N) is 1. The molecule has 5 aromatic rings. The molecule has 5 aromatic carbocycles. The van der Waals surface area contributed by atoms with Crippen LogP contribution in [0.4, 0.5) is 11.4 Å². The molecule has 1 nitrogen and oxygen atoms in total. The van der Waals surface area contributed by atoms with Crippen molar-refractivity contribution in [1.82, 2.24) is 0 Å². The summed E-state index contributed by atoms with van der Waals surface area (Å²) in [6.45, 7) is 8.77. The van der Waals surface area contributed by atoms with Gasteiger partial charge in [0.15, 0.2) is 0 Å². The Morgan fingerprint density at radius 1 is 0.519 bits per heavy atom. The third kappa shape index (κ3) is 2.39. The van der Waals surface area contributed by atoms with E-state index < -0.39 is 0 Å². The van der Waals surface area contributed by atoms with Gasteiger partial charge in [-0.2, -0.15) is 0 Å². The second kappa shape index (κ2) is 5.72. The van der Waals surface area contributed by atoms with E-state index in [0.717, 1.165) is 5.69 Å². The molecule has 0 saturated heterocycles. The van der Waals surface area contributed by atoms with Gasteiger partial charge < -0.3 is 5.32 Å². The molecular formula is C26H23N. The number of anilines is 2. The highest BCUT2D eigenvalue weighted by atomic mass is 14.9. The Bertz CT molecular complexity index is 1290. The average Bonchev–Trinajstić information content (AvgIpc) is 2.66. The van der Waals surface area contributed by atoms with E-state index in [1.807, 2.05) is 0 Å². The molecule has 0 aliphatic heterocycles. The van der Waals surface area contributed by atoms with Crippen LogP contribution < -0.4 is 5.32 Å². The number of benzene rings is 5. The smallest absolute Gasteiger partial charge is 0.0467 e. The highest BCUT2D eigenvalue weighted by Crippen LogP contribution is 2.42. The zero-order valence-corrected chi connectivity index (χ0v) is 16.3. The zero-order chi connectivity index (χ0) is 18.7. The molecule has 0 bridgehead atoms. The first-order valence-corrected chi connectivity index (χ1v) is 9.55. The minimum atomic E-state index is 1.13. The maximum Gasteiger partial charge on any atom is 0.0467 e. The molecule has 27 heavy (non-hydrogen) atoms. The topological polar surface area (TPSA) is 12.0 Å². The molecule has 0 saturated carbocycles. The number of aryl methyl sites for hydroxylation is 4. The molecule has 0 radical (unpaired) electrons. The molecule has 1 N–H and O–H groups in total. The summed E-state index contributed by atoms with van der Waals surface area (Å²) in [5.41, 5.74) is 7.59. The zero-order valence-electron chi connectivity index (χ0n) is 16.3. The van der Waals surface area contributed by atoms with E-state index in [1.54, 1.807) is 0 Å². The summed E-state index contributed by atoms with van der Waals surface area (Å²) in [4.78, 5) is 0. The Kier molecular flexibility index (Phi) is 3.42. The largest absolute Gasteiger partial charge is 0.355 e. The normalized spacial score (nSPS) is 11.7. The van der Waals surface area contributed by atoms with Crippen LogP contribution in [-0.2, 0) is 0 Å². The van der Waals surface area contributed by atoms with Crippen molar-refractivity contribution in [2.24, 2.45) is 0 Å². The molecule has 0 heterocycles. The van der Waals surface area contributed by atoms with E-state index in [2.05, 4.69) is 93.7 Å². The molecule has 5 rings (SSSR count). The number of hydrogen-bond acceptors (Lipinski definition) is 1. The fourth-order valence-corrected chi connectivity index (χ4v) is 4.45. The fourth-order valence-electron chi connectivity index (χ4n) is 4.45. The summed E-state index contributed by atoms with van der Waals surface area (Å²) in [6, 6.07) is 22.3. The summed E-state index contributed by atoms with van der Waals surface area (Å²) in [7, 11) is 0. The second-order valence-corrected chi connectivity index (χ2v) is 7.81. The highest BCUT2D eigenvalue weighted by molar-refractivity contribution is 6.27. The Hall–Kier alpha value is -3.06. The molecule has 0 aliphatic carbocycles. The van der Waals surface area contributed by atoms with Crippen molar-refractivity contribution >= 4 is 43.7 Å². The Balaban J connectivity index is 1.87. The van der Waals surface area contributed by atoms with Crippen LogP contribution in [0, 0.1) is 27.7 Å². The van der Waals surface area contributed by atoms with Gasteiger partial charge in [0.25, 0.3) is 0 Å². The van der Waals surface area contributed by atoms with Gasteiger partial charge in [0.05, 0.1) is 0 Å². The summed E-state index contributed by atoms with van der Waals surface area (Å²) in [5, 5.41) is 11.8. The summed E-state index contributed by atoms with van der Waals surface area (Å²) in [5.74, 6) is 0. The first-order chi connectivity index (χ1) is 13.0. The Morgan fingerprint density at radius 3 is 1.59 bits per heavy atom. The Morgan fingerprint density at radius 2 is 1.00 bits per heavy atom. The minimum Gasteiger partial charge on any atom is -0.355 e. The van der Waals surface area contributed by atoms with Crippen LogP contribution in [0.15, 0.2) is 60.7 Å². The van der Waals surface area contributed by atoms with Crippen LogP contribution in [0.5, 0.6) is 0 Å². The third-order valence-electron chi connectivity index (χ3n) is 5.85. The van der Waals surface area contributed by atoms with Crippen molar-refractivity contribution in [2.45, 2.75) is 27.7 Å². The van der Waals surface area contributed by atoms with Crippen molar-refractivity contribution in [2.75, 3.05) is 5.32 Å². The lowest BCUT2D eigenvalue weighted by molar-refractivity contribution is 1.45. The van der Waals surface area contributed by atoms with Crippen molar-refractivity contribution in [3.8, 4) is 0 Å². The van der Waals surface area contributed by atoms with E-state index in [9.17, 15) is 0 Å². The van der Waals surface area contributed by atoms with Gasteiger partial charge >= 0.3 is 0 Å². The van der Waals surface area contributed by atoms with Crippen LogP contribution in [-0.4, -0.2) is 0 Å². The van der Waals surface area contributed by atoms with E-state index in [4.69, 9.17) is 0 Å². The predicted octanol–water partition coefficient (Wildman–Crippen LogP) is 7.56. The van der Waals surface area contributed by atoms with Crippen LogP contribution in [0.1, 0.15) is 22.3 Å². The molecule has 0 aliphatic rings. The molecule has 0 amide bonds. The van der Waals surface area contributed by atoms with Crippen molar-refractivity contribution in [1.29, 1.82) is 0 Å². The molecule has 0 atom stereocenters. The lowest BCUT2D eigenvalue weighted by Gasteiger charge is -2.19. The van der Waals surface area contributed by atoms with E-state index >= 15 is 0 Å². The lowest BCUT2D eigenvalue weighted by Crippen LogP contribution is -1.96. The SMILES string of the molecule is Cc1ccc(Nc2cc(C)c3ccc4c(C)cc(C)c5ccc2c3c45)cc1. The van der Waals surface area contributed by atoms with Crippen LogP contribution >= 0.6 is 0 Å². The van der Waals surface area contributed by atoms with Crippen molar-refractivity contribution < 1.29 is 0 Å². The Labute approximate surface area is 160 Å². The monoisotopic (exact) mass is 349 g/mol. The van der Waals surface area contributed by atoms with Gasteiger partial charge in [-0.25, -0.2) is 0 Å². The summed E-state index contributed by atoms with van der Waals surface area (Å²) >= 11 is 0. The van der Waals surface area contributed by atoms with Gasteiger partial charge in [-0.05, 0) is 89.5 Å². The summed E-state index contributed by atoms with van der Waals surface area (Å²) in [6.07, 6.45) is 0. The van der Waals surface area contributed by atoms with Gasteiger partial charge in [-0.15, -0.1) is 0 Å². The standard InChI is InChI=1S/C26H23N/c1-15-5-7-19(8-6-15)27-24-14-18(4)22-10-9-20-16(2)13-17(3)21-11-12-23(24)26(22)25(20)21/h5-14,27H,1-4H3. The molecule has 132 valence electrons. The third-order valence-corrected chi connectivity index (χ3v) is 5.85. The predicted molar refractivity (Wildman–Crippen MR) is 119 cm³/mol. The van der Waals surface area contributed by atoms with Gasteiger partial charge in [0.1, 0.15) is 0 Å². The maximum atomic E-state index is 3.66. The lowest BCUT2D eigenvalue weighted by atomic mass is 9.88. The van der Waals surface area contributed by atoms with Gasteiger partial charge in [0, 0.05) is 16.8 Å². The van der Waals surface area contributed by atoms with Crippen molar-refractivity contribution in [3.63, 3.8) is 0 Å². The molecule has 0 fully saturated rings. The van der Waals surface area contributed by atoms with E-state index in [0.29, 0.717) is 0 Å². The van der Waals surface area contributed by atoms with Gasteiger partial charge in [-0.1, -0.05) is 48.0 Å². The minimum absolute atomic E-state index is 1.13. The van der Waals surface area contributed by atoms with E-state index in [-0.39, 0.29) is 0 Å². The first-order valence-electron chi connectivity index (χ1n) is 9.55. The summed E-state index contributed by atoms with van der Waals surface area (Å²) < 4.78 is 0. The van der Waals surface area contributed by atoms with Crippen LogP contribution in [0.25, 0.3) is 32.3 Å². The molecule has 0 spiro atoms. The number of rotatable bonds is 2.